The van der Waals surface area contributed by atoms with Gasteiger partial charge in [0, 0.05) is 6.20 Å². The molecule has 2 rings (SSSR count). The van der Waals surface area contributed by atoms with E-state index in [1.807, 2.05) is 12.3 Å². The maximum Gasteiger partial charge on any atom is 0.0638 e. The fraction of sp³-hybridized carbons (Fsp3) is 0.643. The van der Waals surface area contributed by atoms with Crippen molar-refractivity contribution in [1.82, 2.24) is 4.98 Å². The molecule has 1 heterocycles. The Kier molecular flexibility index (Phi) is 3.64. The highest BCUT2D eigenvalue weighted by Gasteiger charge is 2.35. The molecule has 1 fully saturated rings. The van der Waals surface area contributed by atoms with Gasteiger partial charge in [-0.3, -0.25) is 4.98 Å². The van der Waals surface area contributed by atoms with Crippen LogP contribution < -0.4 is 5.44 Å². The number of rotatable bonds is 2. The maximum atomic E-state index is 4.62. The van der Waals surface area contributed by atoms with Crippen molar-refractivity contribution in [2.45, 2.75) is 57.3 Å². The van der Waals surface area contributed by atoms with Crippen molar-refractivity contribution in [3.63, 3.8) is 0 Å². The highest BCUT2D eigenvalue weighted by molar-refractivity contribution is 7.67. The van der Waals surface area contributed by atoms with Crippen molar-refractivity contribution in [3.05, 3.63) is 24.4 Å². The van der Waals surface area contributed by atoms with Gasteiger partial charge in [0.15, 0.2) is 0 Å². The SMILES string of the molecule is CC(C)(C)P(c1ccccn1)C1CCCC1. The predicted octanol–water partition coefficient (Wildman–Crippen LogP) is 3.93. The third-order valence-corrected chi connectivity index (χ3v) is 6.76. The number of hydrogen-bond donors (Lipinski definition) is 0. The smallest absolute Gasteiger partial charge is 0.0638 e. The Morgan fingerprint density at radius 2 is 1.88 bits per heavy atom. The molecule has 2 heteroatoms. The van der Waals surface area contributed by atoms with Crippen LogP contribution in [0.25, 0.3) is 0 Å². The summed E-state index contributed by atoms with van der Waals surface area (Å²) in [7, 11) is -0.109. The lowest BCUT2D eigenvalue weighted by atomic mass is 10.2. The highest BCUT2D eigenvalue weighted by Crippen LogP contribution is 2.56. The molecule has 1 saturated carbocycles. The first-order chi connectivity index (χ1) is 7.59. The van der Waals surface area contributed by atoms with Gasteiger partial charge in [0.05, 0.1) is 5.44 Å². The second-order valence-corrected chi connectivity index (χ2v) is 8.94. The molecular weight excluding hydrogens is 213 g/mol. The Morgan fingerprint density at radius 1 is 1.19 bits per heavy atom. The number of aromatic nitrogens is 1. The molecular formula is C14H22NP. The first-order valence-corrected chi connectivity index (χ1v) is 7.70. The zero-order chi connectivity index (χ0) is 11.6. The molecule has 1 aromatic heterocycles. The standard InChI is InChI=1S/C14H22NP/c1-14(2,3)16(12-8-4-5-9-12)13-10-6-7-11-15-13/h6-7,10-12H,4-5,8-9H2,1-3H3. The van der Waals surface area contributed by atoms with Gasteiger partial charge < -0.3 is 0 Å². The topological polar surface area (TPSA) is 12.9 Å². The molecule has 1 aliphatic rings. The maximum absolute atomic E-state index is 4.62. The van der Waals surface area contributed by atoms with E-state index in [1.54, 1.807) is 0 Å². The fourth-order valence-corrected chi connectivity index (χ4v) is 6.21. The summed E-state index contributed by atoms with van der Waals surface area (Å²) >= 11 is 0. The molecule has 0 saturated heterocycles. The molecule has 16 heavy (non-hydrogen) atoms. The minimum atomic E-state index is -0.109. The van der Waals surface area contributed by atoms with Crippen molar-refractivity contribution < 1.29 is 0 Å². The summed E-state index contributed by atoms with van der Waals surface area (Å²) in [5.41, 5.74) is 2.27. The summed E-state index contributed by atoms with van der Waals surface area (Å²) in [5.74, 6) is 0. The van der Waals surface area contributed by atoms with E-state index in [9.17, 15) is 0 Å². The van der Waals surface area contributed by atoms with Crippen LogP contribution in [0.4, 0.5) is 0 Å². The Hall–Kier alpha value is -0.420. The van der Waals surface area contributed by atoms with Gasteiger partial charge >= 0.3 is 0 Å². The van der Waals surface area contributed by atoms with Crippen molar-refractivity contribution in [2.24, 2.45) is 0 Å². The largest absolute Gasteiger partial charge is 0.257 e. The quantitative estimate of drug-likeness (QED) is 0.708. The van der Waals surface area contributed by atoms with Crippen LogP contribution in [-0.4, -0.2) is 15.8 Å². The van der Waals surface area contributed by atoms with Gasteiger partial charge in [0.2, 0.25) is 0 Å². The highest BCUT2D eigenvalue weighted by atomic mass is 31.1. The Balaban J connectivity index is 2.28. The molecule has 1 atom stereocenters. The molecule has 0 bridgehead atoms. The van der Waals surface area contributed by atoms with Crippen LogP contribution in [0, 0.1) is 0 Å². The fourth-order valence-electron chi connectivity index (χ4n) is 2.74. The van der Waals surface area contributed by atoms with E-state index in [2.05, 4.69) is 37.9 Å². The zero-order valence-electron chi connectivity index (χ0n) is 10.6. The van der Waals surface area contributed by atoms with E-state index in [0.717, 1.165) is 5.66 Å². The van der Waals surface area contributed by atoms with E-state index in [4.69, 9.17) is 0 Å². The number of hydrogen-bond acceptors (Lipinski definition) is 1. The molecule has 0 N–H and O–H groups in total. The monoisotopic (exact) mass is 235 g/mol. The van der Waals surface area contributed by atoms with Crippen LogP contribution in [0.15, 0.2) is 24.4 Å². The lowest BCUT2D eigenvalue weighted by molar-refractivity contribution is 0.757. The number of nitrogens with zero attached hydrogens (tertiary/aromatic N) is 1. The summed E-state index contributed by atoms with van der Waals surface area (Å²) in [6.07, 6.45) is 7.63. The second-order valence-electron chi connectivity index (χ2n) is 5.67. The predicted molar refractivity (Wildman–Crippen MR) is 72.8 cm³/mol. The van der Waals surface area contributed by atoms with Gasteiger partial charge in [-0.15, -0.1) is 0 Å². The molecule has 1 aromatic rings. The van der Waals surface area contributed by atoms with Crippen LogP contribution in [0.3, 0.4) is 0 Å². The van der Waals surface area contributed by atoms with E-state index < -0.39 is 0 Å². The average molecular weight is 235 g/mol. The van der Waals surface area contributed by atoms with E-state index >= 15 is 0 Å². The van der Waals surface area contributed by atoms with Crippen LogP contribution in [0.5, 0.6) is 0 Å². The molecule has 1 unspecified atom stereocenters. The van der Waals surface area contributed by atoms with E-state index in [-0.39, 0.29) is 7.92 Å². The van der Waals surface area contributed by atoms with Gasteiger partial charge in [-0.2, -0.15) is 0 Å². The molecule has 0 amide bonds. The van der Waals surface area contributed by atoms with Crippen LogP contribution in [0.2, 0.25) is 0 Å². The minimum absolute atomic E-state index is 0.109. The van der Waals surface area contributed by atoms with Crippen LogP contribution >= 0.6 is 7.92 Å². The van der Waals surface area contributed by atoms with Gasteiger partial charge in [0.1, 0.15) is 0 Å². The minimum Gasteiger partial charge on any atom is -0.257 e. The Morgan fingerprint density at radius 3 is 2.38 bits per heavy atom. The molecule has 0 aromatic carbocycles. The third-order valence-electron chi connectivity index (χ3n) is 3.31. The molecule has 1 aliphatic carbocycles. The average Bonchev–Trinajstić information content (AvgIpc) is 2.71. The summed E-state index contributed by atoms with van der Waals surface area (Å²) < 4.78 is 0. The summed E-state index contributed by atoms with van der Waals surface area (Å²) in [5, 5.41) is 0.388. The van der Waals surface area contributed by atoms with E-state index in [0.29, 0.717) is 5.16 Å². The van der Waals surface area contributed by atoms with Gasteiger partial charge in [-0.1, -0.05) is 39.7 Å². The summed E-state index contributed by atoms with van der Waals surface area (Å²) in [6.45, 7) is 7.14. The molecule has 0 spiro atoms. The normalized spacial score (nSPS) is 19.9. The van der Waals surface area contributed by atoms with Crippen molar-refractivity contribution in [1.29, 1.82) is 0 Å². The molecule has 1 nitrogen and oxygen atoms in total. The van der Waals surface area contributed by atoms with E-state index in [1.165, 1.54) is 31.1 Å². The zero-order valence-corrected chi connectivity index (χ0v) is 11.5. The lowest BCUT2D eigenvalue weighted by Gasteiger charge is -2.35. The van der Waals surface area contributed by atoms with Gasteiger partial charge in [-0.25, -0.2) is 0 Å². The van der Waals surface area contributed by atoms with Gasteiger partial charge in [-0.05, 0) is 43.7 Å². The molecule has 0 aliphatic heterocycles. The van der Waals surface area contributed by atoms with Crippen molar-refractivity contribution in [2.75, 3.05) is 0 Å². The first-order valence-electron chi connectivity index (χ1n) is 6.29. The number of pyridine rings is 1. The Bertz CT molecular complexity index is 322. The lowest BCUT2D eigenvalue weighted by Crippen LogP contribution is -2.27. The van der Waals surface area contributed by atoms with Crippen molar-refractivity contribution in [3.8, 4) is 0 Å². The third kappa shape index (κ3) is 2.63. The first kappa shape index (κ1) is 12.0. The van der Waals surface area contributed by atoms with Crippen LogP contribution in [0.1, 0.15) is 46.5 Å². The van der Waals surface area contributed by atoms with Crippen molar-refractivity contribution >= 4 is 13.4 Å². The van der Waals surface area contributed by atoms with Gasteiger partial charge in [0.25, 0.3) is 0 Å². The molecule has 0 radical (unpaired) electrons. The second kappa shape index (κ2) is 4.84. The molecule has 88 valence electrons. The Labute approximate surface area is 100 Å². The summed E-state index contributed by atoms with van der Waals surface area (Å²) in [4.78, 5) is 4.62. The van der Waals surface area contributed by atoms with Crippen LogP contribution in [-0.2, 0) is 0 Å². The summed E-state index contributed by atoms with van der Waals surface area (Å²) in [6, 6.07) is 6.39.